The Labute approximate surface area is 147 Å². The quantitative estimate of drug-likeness (QED) is 0.820. The number of nitrogens with one attached hydrogen (secondary N) is 2. The first-order valence-electron chi connectivity index (χ1n) is 7.50. The number of nitrogens with zero attached hydrogens (tertiary/aromatic N) is 1. The SMILES string of the molecule is COc1ccc(CNC(=O)CNC(=O)c2ccc(C(F)(F)F)cc2)cn1. The van der Waals surface area contributed by atoms with Crippen molar-refractivity contribution in [1.29, 1.82) is 0 Å². The lowest BCUT2D eigenvalue weighted by molar-refractivity contribution is -0.137. The molecule has 9 heteroatoms. The van der Waals surface area contributed by atoms with Crippen LogP contribution in [0.1, 0.15) is 21.5 Å². The fourth-order valence-electron chi connectivity index (χ4n) is 1.97. The third-order valence-corrected chi connectivity index (χ3v) is 3.38. The summed E-state index contributed by atoms with van der Waals surface area (Å²) in [5, 5.41) is 4.93. The van der Waals surface area contributed by atoms with Crippen molar-refractivity contribution in [3.63, 3.8) is 0 Å². The van der Waals surface area contributed by atoms with Crippen molar-refractivity contribution in [1.82, 2.24) is 15.6 Å². The Kier molecular flexibility index (Phi) is 6.16. The first kappa shape index (κ1) is 19.2. The Morgan fingerprint density at radius 3 is 2.31 bits per heavy atom. The minimum Gasteiger partial charge on any atom is -0.481 e. The van der Waals surface area contributed by atoms with Crippen molar-refractivity contribution in [2.45, 2.75) is 12.7 Å². The molecule has 0 bridgehead atoms. The van der Waals surface area contributed by atoms with E-state index in [9.17, 15) is 22.8 Å². The Morgan fingerprint density at radius 1 is 1.08 bits per heavy atom. The van der Waals surface area contributed by atoms with Crippen molar-refractivity contribution in [2.75, 3.05) is 13.7 Å². The number of methoxy groups -OCH3 is 1. The number of aromatic nitrogens is 1. The van der Waals surface area contributed by atoms with Gasteiger partial charge < -0.3 is 15.4 Å². The van der Waals surface area contributed by atoms with Crippen LogP contribution in [-0.4, -0.2) is 30.5 Å². The van der Waals surface area contributed by atoms with Crippen LogP contribution in [0.4, 0.5) is 13.2 Å². The largest absolute Gasteiger partial charge is 0.481 e. The molecule has 0 spiro atoms. The zero-order valence-corrected chi connectivity index (χ0v) is 13.8. The Hall–Kier alpha value is -3.10. The summed E-state index contributed by atoms with van der Waals surface area (Å²) in [6.45, 7) is -0.0879. The lowest BCUT2D eigenvalue weighted by Gasteiger charge is -2.09. The predicted molar refractivity (Wildman–Crippen MR) is 86.4 cm³/mol. The number of halogens is 3. The molecule has 138 valence electrons. The van der Waals surface area contributed by atoms with Crippen LogP contribution in [0.25, 0.3) is 0 Å². The highest BCUT2D eigenvalue weighted by atomic mass is 19.4. The monoisotopic (exact) mass is 367 g/mol. The number of alkyl halides is 3. The maximum Gasteiger partial charge on any atom is 0.416 e. The Morgan fingerprint density at radius 2 is 1.77 bits per heavy atom. The average Bonchev–Trinajstić information content (AvgIpc) is 2.64. The van der Waals surface area contributed by atoms with Crippen molar-refractivity contribution in [3.8, 4) is 5.88 Å². The van der Waals surface area contributed by atoms with Gasteiger partial charge in [-0.2, -0.15) is 13.2 Å². The van der Waals surface area contributed by atoms with E-state index in [4.69, 9.17) is 4.74 Å². The first-order valence-corrected chi connectivity index (χ1v) is 7.50. The minimum absolute atomic E-state index is 0.0326. The summed E-state index contributed by atoms with van der Waals surface area (Å²) < 4.78 is 42.3. The second kappa shape index (κ2) is 8.32. The van der Waals surface area contributed by atoms with E-state index in [2.05, 4.69) is 15.6 Å². The van der Waals surface area contributed by atoms with E-state index in [1.807, 2.05) is 0 Å². The smallest absolute Gasteiger partial charge is 0.416 e. The summed E-state index contributed by atoms with van der Waals surface area (Å²) >= 11 is 0. The molecule has 1 heterocycles. The molecule has 2 amide bonds. The molecule has 0 saturated carbocycles. The van der Waals surface area contributed by atoms with Gasteiger partial charge in [-0.15, -0.1) is 0 Å². The lowest BCUT2D eigenvalue weighted by Crippen LogP contribution is -2.36. The van der Waals surface area contributed by atoms with Gasteiger partial charge >= 0.3 is 6.18 Å². The van der Waals surface area contributed by atoms with Crippen LogP contribution < -0.4 is 15.4 Å². The van der Waals surface area contributed by atoms with Gasteiger partial charge in [0.1, 0.15) is 0 Å². The predicted octanol–water partition coefficient (Wildman–Crippen LogP) is 2.16. The van der Waals surface area contributed by atoms with E-state index < -0.39 is 23.6 Å². The molecule has 0 atom stereocenters. The zero-order valence-electron chi connectivity index (χ0n) is 13.8. The van der Waals surface area contributed by atoms with Crippen LogP contribution in [0.2, 0.25) is 0 Å². The van der Waals surface area contributed by atoms with Gasteiger partial charge in [0.05, 0.1) is 19.2 Å². The molecular formula is C17H16F3N3O3. The zero-order chi connectivity index (χ0) is 19.2. The van der Waals surface area contributed by atoms with E-state index in [1.165, 1.54) is 7.11 Å². The van der Waals surface area contributed by atoms with E-state index >= 15 is 0 Å². The van der Waals surface area contributed by atoms with Crippen LogP contribution in [-0.2, 0) is 17.5 Å². The van der Waals surface area contributed by atoms with Gasteiger partial charge in [-0.05, 0) is 29.8 Å². The fraction of sp³-hybridized carbons (Fsp3) is 0.235. The standard InChI is InChI=1S/C17H16F3N3O3/c1-26-15-7-2-11(9-22-15)8-21-14(24)10-23-16(25)12-3-5-13(6-4-12)17(18,19)20/h2-7,9H,8,10H2,1H3,(H,21,24)(H,23,25). The van der Waals surface area contributed by atoms with Gasteiger partial charge in [-0.25, -0.2) is 4.98 Å². The number of ether oxygens (including phenoxy) is 1. The number of carbonyl (C=O) groups excluding carboxylic acids is 2. The Balaban J connectivity index is 1.79. The molecule has 1 aromatic heterocycles. The van der Waals surface area contributed by atoms with Crippen molar-refractivity contribution >= 4 is 11.8 Å². The summed E-state index contributed by atoms with van der Waals surface area (Å²) in [6.07, 6.45) is -2.93. The minimum atomic E-state index is -4.47. The molecule has 2 rings (SSSR count). The van der Waals surface area contributed by atoms with Crippen molar-refractivity contribution < 1.29 is 27.5 Å². The maximum absolute atomic E-state index is 12.5. The normalized spacial score (nSPS) is 10.9. The molecule has 0 radical (unpaired) electrons. The Bertz CT molecular complexity index is 760. The molecule has 2 N–H and O–H groups in total. The van der Waals surface area contributed by atoms with Crippen molar-refractivity contribution in [3.05, 3.63) is 59.3 Å². The lowest BCUT2D eigenvalue weighted by atomic mass is 10.1. The molecule has 0 unspecified atom stereocenters. The van der Waals surface area contributed by atoms with Gasteiger partial charge in [0.25, 0.3) is 5.91 Å². The summed E-state index contributed by atoms with van der Waals surface area (Å²) in [6, 6.07) is 7.11. The van der Waals surface area contributed by atoms with Gasteiger partial charge in [0.2, 0.25) is 11.8 Å². The molecular weight excluding hydrogens is 351 g/mol. The summed E-state index contributed by atoms with van der Waals surface area (Å²) in [4.78, 5) is 27.6. The van der Waals surface area contributed by atoms with E-state index in [0.29, 0.717) is 5.88 Å². The first-order chi connectivity index (χ1) is 12.3. The molecule has 0 aliphatic rings. The fourth-order valence-corrected chi connectivity index (χ4v) is 1.97. The number of pyridine rings is 1. The van der Waals surface area contributed by atoms with Crippen LogP contribution in [0, 0.1) is 0 Å². The molecule has 26 heavy (non-hydrogen) atoms. The second-order valence-electron chi connectivity index (χ2n) is 5.24. The number of amides is 2. The third-order valence-electron chi connectivity index (χ3n) is 3.38. The molecule has 2 aromatic rings. The van der Waals surface area contributed by atoms with E-state index in [1.54, 1.807) is 18.3 Å². The third kappa shape index (κ3) is 5.47. The van der Waals surface area contributed by atoms with E-state index in [-0.39, 0.29) is 18.7 Å². The van der Waals surface area contributed by atoms with Gasteiger partial charge in [-0.1, -0.05) is 6.07 Å². The molecule has 0 aliphatic heterocycles. The van der Waals surface area contributed by atoms with Gasteiger partial charge in [0, 0.05) is 24.4 Å². The molecule has 0 fully saturated rings. The van der Waals surface area contributed by atoms with Crippen LogP contribution in [0.5, 0.6) is 5.88 Å². The highest BCUT2D eigenvalue weighted by molar-refractivity contribution is 5.96. The van der Waals surface area contributed by atoms with Crippen LogP contribution in [0.3, 0.4) is 0 Å². The average molecular weight is 367 g/mol. The highest BCUT2D eigenvalue weighted by Gasteiger charge is 2.30. The summed E-state index contributed by atoms with van der Waals surface area (Å²) in [7, 11) is 1.49. The van der Waals surface area contributed by atoms with Crippen molar-refractivity contribution in [2.24, 2.45) is 0 Å². The van der Waals surface area contributed by atoms with Gasteiger partial charge in [0.15, 0.2) is 0 Å². The highest BCUT2D eigenvalue weighted by Crippen LogP contribution is 2.29. The number of hydrogen-bond acceptors (Lipinski definition) is 4. The molecule has 6 nitrogen and oxygen atoms in total. The van der Waals surface area contributed by atoms with E-state index in [0.717, 1.165) is 29.8 Å². The van der Waals surface area contributed by atoms with Crippen LogP contribution in [0.15, 0.2) is 42.6 Å². The van der Waals surface area contributed by atoms with Crippen LogP contribution >= 0.6 is 0 Å². The summed E-state index contributed by atoms with van der Waals surface area (Å²) in [5.41, 5.74) is -0.0711. The number of benzene rings is 1. The van der Waals surface area contributed by atoms with Gasteiger partial charge in [-0.3, -0.25) is 9.59 Å². The molecule has 0 saturated heterocycles. The number of carbonyl (C=O) groups is 2. The topological polar surface area (TPSA) is 80.3 Å². The molecule has 0 aliphatic carbocycles. The number of rotatable bonds is 6. The maximum atomic E-state index is 12.5. The molecule has 1 aromatic carbocycles. The summed E-state index contributed by atoms with van der Waals surface area (Å²) in [5.74, 6) is -0.634. The number of hydrogen-bond donors (Lipinski definition) is 2. The second-order valence-corrected chi connectivity index (χ2v) is 5.24.